The maximum absolute atomic E-state index is 7.01. The molecule has 0 atom stereocenters. The van der Waals surface area contributed by atoms with Crippen LogP contribution in [-0.2, 0) is 10.8 Å². The first-order valence-corrected chi connectivity index (χ1v) is 17.4. The molecule has 50 heavy (non-hydrogen) atoms. The van der Waals surface area contributed by atoms with E-state index in [1.165, 1.54) is 38.8 Å². The third-order valence-corrected chi connectivity index (χ3v) is 10.4. The molecule has 1 aliphatic rings. The van der Waals surface area contributed by atoms with Gasteiger partial charge in [-0.05, 0) is 92.9 Å². The van der Waals surface area contributed by atoms with Gasteiger partial charge in [0.15, 0.2) is 0 Å². The molecular weight excluding hydrogens is 632 g/mol. The van der Waals surface area contributed by atoms with E-state index in [1.807, 2.05) is 18.3 Å². The SMILES string of the molecule is CC(C)(C)c1ccnc(-n2c3ccccc3c3ccc(Oc4cc(Cl)cc(C5(c6ccccc6)c6ccccc6-c6ccccc65)c4)cc32)c1. The van der Waals surface area contributed by atoms with E-state index in [-0.39, 0.29) is 5.41 Å². The highest BCUT2D eigenvalue weighted by Crippen LogP contribution is 2.56. The summed E-state index contributed by atoms with van der Waals surface area (Å²) in [7, 11) is 0. The van der Waals surface area contributed by atoms with Crippen molar-refractivity contribution in [1.29, 1.82) is 0 Å². The smallest absolute Gasteiger partial charge is 0.137 e. The lowest BCUT2D eigenvalue weighted by Crippen LogP contribution is -2.28. The summed E-state index contributed by atoms with van der Waals surface area (Å²) in [5.74, 6) is 2.29. The monoisotopic (exact) mass is 666 g/mol. The Labute approximate surface area is 297 Å². The number of rotatable bonds is 5. The van der Waals surface area contributed by atoms with Crippen molar-refractivity contribution in [3.63, 3.8) is 0 Å². The van der Waals surface area contributed by atoms with Gasteiger partial charge in [0, 0.05) is 28.1 Å². The van der Waals surface area contributed by atoms with Crippen molar-refractivity contribution < 1.29 is 4.74 Å². The number of ether oxygens (including phenoxy) is 1. The fraction of sp³-hybridized carbons (Fsp3) is 0.109. The first-order valence-electron chi connectivity index (χ1n) is 17.1. The molecule has 0 fully saturated rings. The van der Waals surface area contributed by atoms with Crippen LogP contribution in [0, 0.1) is 0 Å². The van der Waals surface area contributed by atoms with Crippen molar-refractivity contribution in [3.8, 4) is 28.4 Å². The van der Waals surface area contributed by atoms with E-state index < -0.39 is 5.41 Å². The maximum Gasteiger partial charge on any atom is 0.137 e. The molecule has 0 aliphatic heterocycles. The lowest BCUT2D eigenvalue weighted by Gasteiger charge is -2.34. The second kappa shape index (κ2) is 11.5. The molecule has 0 N–H and O–H groups in total. The molecule has 242 valence electrons. The Morgan fingerprint density at radius 3 is 1.98 bits per heavy atom. The number of benzene rings is 6. The van der Waals surface area contributed by atoms with Crippen molar-refractivity contribution in [2.45, 2.75) is 31.6 Å². The predicted octanol–water partition coefficient (Wildman–Crippen LogP) is 12.3. The summed E-state index contributed by atoms with van der Waals surface area (Å²) in [5.41, 5.74) is 9.96. The number of hydrogen-bond acceptors (Lipinski definition) is 2. The van der Waals surface area contributed by atoms with E-state index >= 15 is 0 Å². The van der Waals surface area contributed by atoms with Gasteiger partial charge in [0.2, 0.25) is 0 Å². The first kappa shape index (κ1) is 30.4. The third-order valence-electron chi connectivity index (χ3n) is 10.2. The van der Waals surface area contributed by atoms with Gasteiger partial charge in [0.25, 0.3) is 0 Å². The Balaban J connectivity index is 1.22. The number of hydrogen-bond donors (Lipinski definition) is 0. The number of nitrogens with zero attached hydrogens (tertiary/aromatic N) is 2. The first-order chi connectivity index (χ1) is 24.3. The summed E-state index contributed by atoms with van der Waals surface area (Å²) in [5, 5.41) is 2.93. The normalized spacial score (nSPS) is 13.4. The van der Waals surface area contributed by atoms with Gasteiger partial charge in [-0.1, -0.05) is 129 Å². The standard InChI is InChI=1S/C46H35ClN2O/c1-45(2,3)31-23-24-48-44(27-31)49-42-20-12-9-17-38(42)39-22-21-34(29-43(39)49)50-35-26-32(25-33(47)28-35)46(30-13-5-4-6-14-30)40-18-10-7-15-36(40)37-16-8-11-19-41(37)46/h4-29H,1-3H3. The van der Waals surface area contributed by atoms with Crippen LogP contribution in [0.5, 0.6) is 11.5 Å². The van der Waals surface area contributed by atoms with E-state index in [2.05, 4.69) is 165 Å². The topological polar surface area (TPSA) is 27.1 Å². The van der Waals surface area contributed by atoms with Crippen molar-refractivity contribution in [2.24, 2.45) is 0 Å². The highest BCUT2D eigenvalue weighted by atomic mass is 35.5. The van der Waals surface area contributed by atoms with Gasteiger partial charge in [-0.25, -0.2) is 4.98 Å². The predicted molar refractivity (Wildman–Crippen MR) is 206 cm³/mol. The molecule has 0 unspecified atom stereocenters. The quantitative estimate of drug-likeness (QED) is 0.183. The van der Waals surface area contributed by atoms with Gasteiger partial charge in [0.1, 0.15) is 17.3 Å². The molecule has 0 saturated heterocycles. The van der Waals surface area contributed by atoms with Crippen LogP contribution in [0.3, 0.4) is 0 Å². The number of halogens is 1. The zero-order chi connectivity index (χ0) is 34.0. The molecule has 0 radical (unpaired) electrons. The summed E-state index contributed by atoms with van der Waals surface area (Å²) in [4.78, 5) is 4.85. The third kappa shape index (κ3) is 4.69. The van der Waals surface area contributed by atoms with E-state index in [0.29, 0.717) is 10.8 Å². The summed E-state index contributed by atoms with van der Waals surface area (Å²) < 4.78 is 9.01. The fourth-order valence-corrected chi connectivity index (χ4v) is 8.18. The van der Waals surface area contributed by atoms with Crippen LogP contribution in [0.2, 0.25) is 5.02 Å². The number of pyridine rings is 1. The van der Waals surface area contributed by atoms with Crippen molar-refractivity contribution in [1.82, 2.24) is 9.55 Å². The van der Waals surface area contributed by atoms with Gasteiger partial charge in [-0.15, -0.1) is 0 Å². The molecule has 9 rings (SSSR count). The minimum atomic E-state index is -0.572. The Kier molecular flexibility index (Phi) is 6.98. The zero-order valence-electron chi connectivity index (χ0n) is 28.2. The molecular formula is C46H35ClN2O. The second-order valence-electron chi connectivity index (χ2n) is 14.2. The summed E-state index contributed by atoms with van der Waals surface area (Å²) in [6.45, 7) is 6.69. The maximum atomic E-state index is 7.01. The van der Waals surface area contributed by atoms with Gasteiger partial charge in [-0.3, -0.25) is 4.57 Å². The highest BCUT2D eigenvalue weighted by molar-refractivity contribution is 6.30. The van der Waals surface area contributed by atoms with Gasteiger partial charge < -0.3 is 4.74 Å². The van der Waals surface area contributed by atoms with Crippen LogP contribution >= 0.6 is 11.6 Å². The van der Waals surface area contributed by atoms with E-state index in [0.717, 1.165) is 33.6 Å². The zero-order valence-corrected chi connectivity index (χ0v) is 28.9. The molecule has 0 amide bonds. The molecule has 0 saturated carbocycles. The largest absolute Gasteiger partial charge is 0.457 e. The molecule has 1 aliphatic carbocycles. The highest BCUT2D eigenvalue weighted by Gasteiger charge is 2.46. The van der Waals surface area contributed by atoms with Crippen LogP contribution in [-0.4, -0.2) is 9.55 Å². The minimum absolute atomic E-state index is 0.00748. The van der Waals surface area contributed by atoms with E-state index in [4.69, 9.17) is 21.3 Å². The van der Waals surface area contributed by atoms with Gasteiger partial charge >= 0.3 is 0 Å². The summed E-state index contributed by atoms with van der Waals surface area (Å²) >= 11 is 7.01. The molecule has 2 aromatic heterocycles. The average Bonchev–Trinajstić information content (AvgIpc) is 3.62. The van der Waals surface area contributed by atoms with Crippen molar-refractivity contribution in [3.05, 3.63) is 191 Å². The molecule has 6 aromatic carbocycles. The Hall–Kier alpha value is -5.64. The Morgan fingerprint density at radius 2 is 1.24 bits per heavy atom. The summed E-state index contributed by atoms with van der Waals surface area (Å²) in [6, 6.07) is 53.5. The fourth-order valence-electron chi connectivity index (χ4n) is 7.95. The molecule has 8 aromatic rings. The molecule has 3 nitrogen and oxygen atoms in total. The van der Waals surface area contributed by atoms with Crippen LogP contribution in [0.1, 0.15) is 48.6 Å². The molecule has 2 heterocycles. The van der Waals surface area contributed by atoms with Gasteiger partial charge in [-0.2, -0.15) is 0 Å². The average molecular weight is 667 g/mol. The van der Waals surface area contributed by atoms with Crippen LogP contribution in [0.15, 0.2) is 158 Å². The van der Waals surface area contributed by atoms with Crippen molar-refractivity contribution in [2.75, 3.05) is 0 Å². The van der Waals surface area contributed by atoms with Gasteiger partial charge in [0.05, 0.1) is 16.4 Å². The minimum Gasteiger partial charge on any atom is -0.457 e. The number of para-hydroxylation sites is 1. The lowest BCUT2D eigenvalue weighted by molar-refractivity contribution is 0.482. The Bertz CT molecular complexity index is 2530. The number of aromatic nitrogens is 2. The number of fused-ring (bicyclic) bond motifs is 6. The lowest BCUT2D eigenvalue weighted by atomic mass is 9.67. The second-order valence-corrected chi connectivity index (χ2v) is 14.6. The summed E-state index contributed by atoms with van der Waals surface area (Å²) in [6.07, 6.45) is 1.91. The van der Waals surface area contributed by atoms with E-state index in [9.17, 15) is 0 Å². The molecule has 4 heteroatoms. The molecule has 0 spiro atoms. The van der Waals surface area contributed by atoms with Crippen LogP contribution in [0.25, 0.3) is 38.8 Å². The Morgan fingerprint density at radius 1 is 0.580 bits per heavy atom. The molecule has 0 bridgehead atoms. The van der Waals surface area contributed by atoms with Crippen LogP contribution in [0.4, 0.5) is 0 Å². The van der Waals surface area contributed by atoms with E-state index in [1.54, 1.807) is 0 Å². The van der Waals surface area contributed by atoms with Crippen molar-refractivity contribution >= 4 is 33.4 Å². The van der Waals surface area contributed by atoms with Crippen LogP contribution < -0.4 is 4.74 Å².